The average Bonchev–Trinajstić information content (AvgIpc) is 3.06. The molecule has 0 aromatic carbocycles. The predicted molar refractivity (Wildman–Crippen MR) is 76.4 cm³/mol. The van der Waals surface area contributed by atoms with Crippen LogP contribution in [0.4, 0.5) is 0 Å². The highest BCUT2D eigenvalue weighted by molar-refractivity contribution is 5.97. The van der Waals surface area contributed by atoms with Gasteiger partial charge < -0.3 is 15.0 Å². The Morgan fingerprint density at radius 3 is 2.67 bits per heavy atom. The molecular weight excluding hydrogens is 272 g/mol. The standard InChI is InChI=1S/C14H18N4O3/c1-17-14(18-8-4-5-9-18)11(10-16-17)13(21)15-7-3-2-6-12(19)20/h4-5,8-10H,2-3,6-7H2,1H3,(H,15,21)(H,19,20). The molecule has 0 radical (unpaired) electrons. The number of carboxylic acids is 1. The van der Waals surface area contributed by atoms with E-state index in [1.54, 1.807) is 11.7 Å². The first-order valence-corrected chi connectivity index (χ1v) is 6.75. The monoisotopic (exact) mass is 290 g/mol. The molecule has 21 heavy (non-hydrogen) atoms. The van der Waals surface area contributed by atoms with Crippen molar-refractivity contribution in [3.05, 3.63) is 36.3 Å². The minimum Gasteiger partial charge on any atom is -0.481 e. The first-order valence-electron chi connectivity index (χ1n) is 6.75. The number of nitrogens with one attached hydrogen (secondary N) is 1. The maximum absolute atomic E-state index is 12.2. The first-order chi connectivity index (χ1) is 10.1. The van der Waals surface area contributed by atoms with Gasteiger partial charge in [-0.2, -0.15) is 5.10 Å². The zero-order valence-corrected chi connectivity index (χ0v) is 11.8. The number of rotatable bonds is 7. The van der Waals surface area contributed by atoms with E-state index in [9.17, 15) is 9.59 Å². The van der Waals surface area contributed by atoms with Crippen molar-refractivity contribution in [2.45, 2.75) is 19.3 Å². The van der Waals surface area contributed by atoms with Crippen LogP contribution in [-0.2, 0) is 11.8 Å². The van der Waals surface area contributed by atoms with Gasteiger partial charge in [-0.3, -0.25) is 14.3 Å². The molecule has 2 heterocycles. The smallest absolute Gasteiger partial charge is 0.303 e. The van der Waals surface area contributed by atoms with Crippen molar-refractivity contribution >= 4 is 11.9 Å². The molecule has 112 valence electrons. The zero-order chi connectivity index (χ0) is 15.2. The van der Waals surface area contributed by atoms with Gasteiger partial charge in [0.05, 0.1) is 6.20 Å². The normalized spacial score (nSPS) is 10.5. The van der Waals surface area contributed by atoms with Crippen molar-refractivity contribution in [3.63, 3.8) is 0 Å². The number of carboxylic acid groups (broad SMARTS) is 1. The van der Waals surface area contributed by atoms with Crippen LogP contribution in [0, 0.1) is 0 Å². The molecule has 1 amide bonds. The number of carbonyl (C=O) groups is 2. The van der Waals surface area contributed by atoms with Gasteiger partial charge in [0.15, 0.2) is 0 Å². The molecule has 2 aromatic heterocycles. The molecule has 0 bridgehead atoms. The summed E-state index contributed by atoms with van der Waals surface area (Å²) < 4.78 is 3.46. The van der Waals surface area contributed by atoms with Gasteiger partial charge >= 0.3 is 5.97 Å². The fraction of sp³-hybridized carbons (Fsp3) is 0.357. The summed E-state index contributed by atoms with van der Waals surface area (Å²) >= 11 is 0. The molecule has 2 N–H and O–H groups in total. The van der Waals surface area contributed by atoms with E-state index >= 15 is 0 Å². The maximum Gasteiger partial charge on any atom is 0.303 e. The van der Waals surface area contributed by atoms with Gasteiger partial charge in [0.25, 0.3) is 5.91 Å². The lowest BCUT2D eigenvalue weighted by atomic mass is 10.2. The summed E-state index contributed by atoms with van der Waals surface area (Å²) in [5, 5.41) is 15.5. The summed E-state index contributed by atoms with van der Waals surface area (Å²) in [5.74, 6) is -0.325. The third-order valence-corrected chi connectivity index (χ3v) is 3.10. The predicted octanol–water partition coefficient (Wildman–Crippen LogP) is 1.20. The molecule has 0 saturated heterocycles. The van der Waals surface area contributed by atoms with E-state index in [2.05, 4.69) is 10.4 Å². The van der Waals surface area contributed by atoms with E-state index in [1.165, 1.54) is 6.20 Å². The number of aromatic nitrogens is 3. The van der Waals surface area contributed by atoms with Crippen LogP contribution < -0.4 is 5.32 Å². The van der Waals surface area contributed by atoms with Crippen LogP contribution in [0.3, 0.4) is 0 Å². The number of amides is 1. The van der Waals surface area contributed by atoms with Crippen LogP contribution in [0.2, 0.25) is 0 Å². The molecule has 0 aliphatic rings. The van der Waals surface area contributed by atoms with Gasteiger partial charge in [-0.25, -0.2) is 0 Å². The van der Waals surface area contributed by atoms with Crippen molar-refractivity contribution in [1.29, 1.82) is 0 Å². The van der Waals surface area contributed by atoms with E-state index in [0.29, 0.717) is 30.8 Å². The van der Waals surface area contributed by atoms with Gasteiger partial charge in [0.2, 0.25) is 0 Å². The van der Waals surface area contributed by atoms with Gasteiger partial charge in [-0.05, 0) is 25.0 Å². The molecule has 0 unspecified atom stereocenters. The lowest BCUT2D eigenvalue weighted by Crippen LogP contribution is -2.25. The molecule has 0 atom stereocenters. The highest BCUT2D eigenvalue weighted by atomic mass is 16.4. The van der Waals surface area contributed by atoms with Gasteiger partial charge in [0, 0.05) is 32.4 Å². The SMILES string of the molecule is Cn1ncc(C(=O)NCCCCC(=O)O)c1-n1cccc1. The highest BCUT2D eigenvalue weighted by Gasteiger charge is 2.16. The fourth-order valence-corrected chi connectivity index (χ4v) is 2.07. The Bertz CT molecular complexity index is 616. The summed E-state index contributed by atoms with van der Waals surface area (Å²) in [6.45, 7) is 0.451. The molecule has 0 fully saturated rings. The Kier molecular flexibility index (Phi) is 4.76. The second kappa shape index (κ2) is 6.74. The molecule has 0 aliphatic heterocycles. The summed E-state index contributed by atoms with van der Waals surface area (Å²) in [6.07, 6.45) is 6.53. The maximum atomic E-state index is 12.2. The minimum absolute atomic E-state index is 0.122. The zero-order valence-electron chi connectivity index (χ0n) is 11.8. The van der Waals surface area contributed by atoms with Crippen LogP contribution in [0.1, 0.15) is 29.6 Å². The van der Waals surface area contributed by atoms with E-state index in [-0.39, 0.29) is 12.3 Å². The number of carbonyl (C=O) groups excluding carboxylic acids is 1. The Labute approximate surface area is 122 Å². The molecule has 7 nitrogen and oxygen atoms in total. The molecule has 7 heteroatoms. The minimum atomic E-state index is -0.816. The number of hydrogen-bond donors (Lipinski definition) is 2. The molecule has 0 saturated carbocycles. The van der Waals surface area contributed by atoms with Gasteiger partial charge in [0.1, 0.15) is 11.4 Å². The van der Waals surface area contributed by atoms with Crippen LogP contribution in [0.15, 0.2) is 30.7 Å². The van der Waals surface area contributed by atoms with E-state index in [0.717, 1.165) is 0 Å². The molecule has 2 rings (SSSR count). The van der Waals surface area contributed by atoms with Crippen LogP contribution in [0.25, 0.3) is 5.82 Å². The Morgan fingerprint density at radius 1 is 1.29 bits per heavy atom. The quantitative estimate of drug-likeness (QED) is 0.750. The van der Waals surface area contributed by atoms with Crippen LogP contribution >= 0.6 is 0 Å². The summed E-state index contributed by atoms with van der Waals surface area (Å²) in [6, 6.07) is 3.75. The number of hydrogen-bond acceptors (Lipinski definition) is 3. The van der Waals surface area contributed by atoms with Crippen molar-refractivity contribution in [1.82, 2.24) is 19.7 Å². The summed E-state index contributed by atoms with van der Waals surface area (Å²) in [4.78, 5) is 22.6. The molecular formula is C14H18N4O3. The van der Waals surface area contributed by atoms with E-state index < -0.39 is 5.97 Å². The topological polar surface area (TPSA) is 89.2 Å². The Hall–Kier alpha value is -2.57. The first kappa shape index (κ1) is 14.8. The lowest BCUT2D eigenvalue weighted by Gasteiger charge is -2.08. The fourth-order valence-electron chi connectivity index (χ4n) is 2.07. The van der Waals surface area contributed by atoms with Gasteiger partial charge in [-0.1, -0.05) is 0 Å². The molecule has 0 spiro atoms. The Morgan fingerprint density at radius 2 is 2.00 bits per heavy atom. The third kappa shape index (κ3) is 3.71. The van der Waals surface area contributed by atoms with Gasteiger partial charge in [-0.15, -0.1) is 0 Å². The number of nitrogens with zero attached hydrogens (tertiary/aromatic N) is 3. The molecule has 0 aliphatic carbocycles. The van der Waals surface area contributed by atoms with E-state index in [4.69, 9.17) is 5.11 Å². The number of aryl methyl sites for hydroxylation is 1. The van der Waals surface area contributed by atoms with E-state index in [1.807, 2.05) is 29.1 Å². The highest BCUT2D eigenvalue weighted by Crippen LogP contribution is 2.13. The summed E-state index contributed by atoms with van der Waals surface area (Å²) in [7, 11) is 1.78. The number of unbranched alkanes of at least 4 members (excludes halogenated alkanes) is 1. The summed E-state index contributed by atoms with van der Waals surface area (Å²) in [5.41, 5.74) is 0.493. The average molecular weight is 290 g/mol. The molecule has 2 aromatic rings. The van der Waals surface area contributed by atoms with Crippen molar-refractivity contribution in [2.75, 3.05) is 6.54 Å². The third-order valence-electron chi connectivity index (χ3n) is 3.10. The largest absolute Gasteiger partial charge is 0.481 e. The Balaban J connectivity index is 1.96. The second-order valence-electron chi connectivity index (χ2n) is 4.70. The number of aliphatic carboxylic acids is 1. The lowest BCUT2D eigenvalue weighted by molar-refractivity contribution is -0.137. The second-order valence-corrected chi connectivity index (χ2v) is 4.70. The van der Waals surface area contributed by atoms with Crippen LogP contribution in [0.5, 0.6) is 0 Å². The van der Waals surface area contributed by atoms with Crippen molar-refractivity contribution in [2.24, 2.45) is 7.05 Å². The van der Waals surface area contributed by atoms with Crippen molar-refractivity contribution in [3.8, 4) is 5.82 Å². The van der Waals surface area contributed by atoms with Crippen molar-refractivity contribution < 1.29 is 14.7 Å². The van der Waals surface area contributed by atoms with Crippen LogP contribution in [-0.4, -0.2) is 37.9 Å².